The molecule has 0 spiro atoms. The Morgan fingerprint density at radius 2 is 0.800 bits per heavy atom. The second kappa shape index (κ2) is 45.7. The predicted molar refractivity (Wildman–Crippen MR) is 4.56 cm³/mol. The molecule has 26 valence electrons. The Morgan fingerprint density at radius 3 is 0.800 bits per heavy atom. The van der Waals surface area contributed by atoms with Crippen molar-refractivity contribution in [1.82, 2.24) is 0 Å². The molecule has 0 atom stereocenters. The molecular formula is H2NaNbO3. The van der Waals surface area contributed by atoms with E-state index in [2.05, 4.69) is 0 Å². The molecule has 0 rings (SSSR count). The van der Waals surface area contributed by atoms with Crippen LogP contribution < -0.4 is 29.6 Å². The van der Waals surface area contributed by atoms with E-state index in [0.29, 0.717) is 0 Å². The van der Waals surface area contributed by atoms with Gasteiger partial charge < -0.3 is 16.4 Å². The molecule has 0 aliphatic heterocycles. The third-order valence-corrected chi connectivity index (χ3v) is 0. The summed E-state index contributed by atoms with van der Waals surface area (Å²) in [5.74, 6) is 0. The smallest absolute Gasteiger partial charge is 2.00 e. The molecule has 2 N–H and O–H groups in total. The maximum atomic E-state index is 0. The molecule has 0 aromatic heterocycles. The quantitative estimate of drug-likeness (QED) is 0.350. The van der Waals surface area contributed by atoms with Gasteiger partial charge in [-0.25, -0.2) is 0 Å². The van der Waals surface area contributed by atoms with Gasteiger partial charge in [-0.3, -0.25) is 0 Å². The summed E-state index contributed by atoms with van der Waals surface area (Å²) in [4.78, 5) is 0. The first-order valence-electron chi connectivity index (χ1n) is 0. The Labute approximate surface area is 67.9 Å². The number of rotatable bonds is 0. The summed E-state index contributed by atoms with van der Waals surface area (Å²) in [7, 11) is 0. The maximum Gasteiger partial charge on any atom is 3.00 e. The van der Waals surface area contributed by atoms with Crippen molar-refractivity contribution in [3.8, 4) is 0 Å². The van der Waals surface area contributed by atoms with Crippen LogP contribution in [-0.2, 0) is 27.9 Å². The van der Waals surface area contributed by atoms with Crippen LogP contribution in [0.15, 0.2) is 0 Å². The molecule has 0 heterocycles. The molecule has 0 saturated carbocycles. The third-order valence-electron chi connectivity index (χ3n) is 0. The molecule has 0 fully saturated rings. The van der Waals surface area contributed by atoms with E-state index in [9.17, 15) is 0 Å². The van der Waals surface area contributed by atoms with Crippen molar-refractivity contribution in [1.29, 1.82) is 0 Å². The van der Waals surface area contributed by atoms with Gasteiger partial charge in [-0.05, 0) is 0 Å². The number of hydrogen-bond donors (Lipinski definition) is 0. The van der Waals surface area contributed by atoms with Crippen LogP contribution in [0.25, 0.3) is 0 Å². The Morgan fingerprint density at radius 1 is 0.800 bits per heavy atom. The summed E-state index contributed by atoms with van der Waals surface area (Å²) < 4.78 is 0. The van der Waals surface area contributed by atoms with Gasteiger partial charge in [-0.1, -0.05) is 0 Å². The van der Waals surface area contributed by atoms with E-state index in [0.717, 1.165) is 0 Å². The Kier molecular flexibility index (Phi) is 728. The Bertz CT molecular complexity index is 6.85. The van der Waals surface area contributed by atoms with E-state index < -0.39 is 0 Å². The molecular weight excluding hydrogens is 164 g/mol. The average molecular weight is 166 g/mol. The van der Waals surface area contributed by atoms with Gasteiger partial charge in [-0.15, -0.1) is 0 Å². The van der Waals surface area contributed by atoms with E-state index in [1.165, 1.54) is 0 Å². The largest absolute Gasteiger partial charge is 3.00 e. The molecule has 5 heavy (non-hydrogen) atoms. The minimum Gasteiger partial charge on any atom is -2.00 e. The van der Waals surface area contributed by atoms with E-state index in [1.807, 2.05) is 0 Å². The zero-order valence-corrected chi connectivity index (χ0v) is 6.95. The van der Waals surface area contributed by atoms with Crippen LogP contribution in [0.3, 0.4) is 0 Å². The molecule has 0 radical (unpaired) electrons. The molecule has 0 aliphatic carbocycles. The average Bonchev–Trinajstić information content (AvgIpc) is 0. The second-order valence-electron chi connectivity index (χ2n) is 0. The van der Waals surface area contributed by atoms with Gasteiger partial charge in [0.05, 0.1) is 0 Å². The first-order chi connectivity index (χ1) is 0. The first kappa shape index (κ1) is 79.7. The van der Waals surface area contributed by atoms with E-state index in [1.54, 1.807) is 0 Å². The minimum atomic E-state index is 0. The summed E-state index contributed by atoms with van der Waals surface area (Å²) in [6.07, 6.45) is 0. The van der Waals surface area contributed by atoms with Crippen molar-refractivity contribution in [3.63, 3.8) is 0 Å². The fourth-order valence-electron chi connectivity index (χ4n) is 0. The first-order valence-corrected chi connectivity index (χ1v) is 0. The van der Waals surface area contributed by atoms with Crippen LogP contribution in [0.1, 0.15) is 0 Å². The summed E-state index contributed by atoms with van der Waals surface area (Å²) in [6, 6.07) is 0. The van der Waals surface area contributed by atoms with E-state index in [4.69, 9.17) is 0 Å². The van der Waals surface area contributed by atoms with Crippen LogP contribution in [0, 0.1) is 0 Å². The molecule has 0 aromatic rings. The second-order valence-corrected chi connectivity index (χ2v) is 0. The zero-order chi connectivity index (χ0) is 0. The Balaban J connectivity index is 0. The Hall–Kier alpha value is 1.62. The fourth-order valence-corrected chi connectivity index (χ4v) is 0. The molecule has 0 aliphatic rings. The summed E-state index contributed by atoms with van der Waals surface area (Å²) in [5.41, 5.74) is 0. The summed E-state index contributed by atoms with van der Waals surface area (Å²) in [6.45, 7) is 0. The van der Waals surface area contributed by atoms with Crippen LogP contribution >= 0.6 is 0 Å². The maximum absolute atomic E-state index is 0. The van der Waals surface area contributed by atoms with Crippen LogP contribution in [0.5, 0.6) is 0 Å². The van der Waals surface area contributed by atoms with Crippen molar-refractivity contribution < 1.29 is 68.4 Å². The molecule has 0 amide bonds. The monoisotopic (exact) mass is 166 g/mol. The normalized spacial score (nSPS) is 0. The molecule has 0 aromatic carbocycles. The van der Waals surface area contributed by atoms with Crippen LogP contribution in [-0.4, -0.2) is 11.0 Å². The third kappa shape index (κ3) is 28.1. The van der Waals surface area contributed by atoms with Gasteiger partial charge in [0.15, 0.2) is 0 Å². The summed E-state index contributed by atoms with van der Waals surface area (Å²) in [5, 5.41) is 0. The molecule has 0 bridgehead atoms. The van der Waals surface area contributed by atoms with Crippen LogP contribution in [0.4, 0.5) is 0 Å². The van der Waals surface area contributed by atoms with Gasteiger partial charge in [0.25, 0.3) is 0 Å². The predicted octanol–water partition coefficient (Wildman–Crippen LogP) is -3.47. The van der Waals surface area contributed by atoms with Gasteiger partial charge in [0.2, 0.25) is 0 Å². The van der Waals surface area contributed by atoms with Gasteiger partial charge in [-0.2, -0.15) is 0 Å². The standard InChI is InChI=1S/Na.Nb.2H2O.O/h;;2*1H2;/q+1;+3;;;-2/p-2. The van der Waals surface area contributed by atoms with Crippen molar-refractivity contribution in [2.24, 2.45) is 0 Å². The fraction of sp³-hybridized carbons (Fsp3) is 0. The minimum absolute atomic E-state index is 0. The van der Waals surface area contributed by atoms with Crippen LogP contribution in [0.2, 0.25) is 0 Å². The molecule has 3 nitrogen and oxygen atoms in total. The topological polar surface area (TPSA) is 88.5 Å². The van der Waals surface area contributed by atoms with Crippen molar-refractivity contribution in [2.75, 3.05) is 0 Å². The molecule has 0 saturated heterocycles. The van der Waals surface area contributed by atoms with Crippen molar-refractivity contribution in [2.45, 2.75) is 0 Å². The summed E-state index contributed by atoms with van der Waals surface area (Å²) >= 11 is 0. The van der Waals surface area contributed by atoms with Gasteiger partial charge >= 0.3 is 51.9 Å². The number of hydrogen-bond acceptors (Lipinski definition) is 2. The molecule has 0 unspecified atom stereocenters. The zero-order valence-electron chi connectivity index (χ0n) is 2.75. The van der Waals surface area contributed by atoms with E-state index in [-0.39, 0.29) is 68.4 Å². The van der Waals surface area contributed by atoms with Crippen molar-refractivity contribution >= 4 is 0 Å². The SMILES string of the molecule is [Na+].[Nb+3].[O-2].[OH-].[OH-]. The van der Waals surface area contributed by atoms with Gasteiger partial charge in [0.1, 0.15) is 0 Å². The van der Waals surface area contributed by atoms with Crippen molar-refractivity contribution in [3.05, 3.63) is 0 Å². The van der Waals surface area contributed by atoms with Gasteiger partial charge in [0, 0.05) is 0 Å². The molecule has 5 heteroatoms. The van der Waals surface area contributed by atoms with E-state index >= 15 is 0 Å².